The Morgan fingerprint density at radius 1 is 1.60 bits per heavy atom. The lowest BCUT2D eigenvalue weighted by molar-refractivity contribution is -0.139. The molecule has 2 unspecified atom stereocenters. The molecule has 0 fully saturated rings. The van der Waals surface area contributed by atoms with Crippen LogP contribution in [0.5, 0.6) is 5.75 Å². The molecule has 15 heavy (non-hydrogen) atoms. The van der Waals surface area contributed by atoms with Crippen LogP contribution in [0.15, 0.2) is 18.2 Å². The summed E-state index contributed by atoms with van der Waals surface area (Å²) >= 11 is 0. The Hall–Kier alpha value is -1.55. The van der Waals surface area contributed by atoms with E-state index >= 15 is 0 Å². The number of methoxy groups -OCH3 is 1. The topological polar surface area (TPSA) is 72.5 Å². The van der Waals surface area contributed by atoms with E-state index in [0.717, 1.165) is 11.1 Å². The molecule has 0 aromatic heterocycles. The second kappa shape index (κ2) is 3.55. The van der Waals surface area contributed by atoms with Crippen LogP contribution >= 0.6 is 0 Å². The molecule has 0 heterocycles. The van der Waals surface area contributed by atoms with Crippen LogP contribution in [0.2, 0.25) is 0 Å². The van der Waals surface area contributed by atoms with Gasteiger partial charge in [0, 0.05) is 6.04 Å². The lowest BCUT2D eigenvalue weighted by Gasteiger charge is -2.11. The summed E-state index contributed by atoms with van der Waals surface area (Å²) in [6.07, 6.45) is 0.621. The van der Waals surface area contributed by atoms with Gasteiger partial charge >= 0.3 is 5.97 Å². The molecule has 0 saturated carbocycles. The zero-order valence-corrected chi connectivity index (χ0v) is 8.43. The first-order valence-electron chi connectivity index (χ1n) is 4.78. The standard InChI is InChI=1S/C11H13NO3/c1-15-7-3-2-6-4-9(12)10(11(13)14)8(6)5-7/h2-3,5,9-10H,4,12H2,1H3,(H,13,14). The molecular formula is C11H13NO3. The molecule has 0 bridgehead atoms. The van der Waals surface area contributed by atoms with Crippen molar-refractivity contribution in [3.8, 4) is 5.75 Å². The number of rotatable bonds is 2. The summed E-state index contributed by atoms with van der Waals surface area (Å²) in [6, 6.07) is 5.15. The Morgan fingerprint density at radius 3 is 2.93 bits per heavy atom. The van der Waals surface area contributed by atoms with Crippen LogP contribution < -0.4 is 10.5 Å². The summed E-state index contributed by atoms with van der Waals surface area (Å²) in [5, 5.41) is 9.07. The molecule has 0 saturated heterocycles. The Bertz CT molecular complexity index is 403. The predicted octanol–water partition coefficient (Wildman–Crippen LogP) is 0.747. The third-order valence-electron chi connectivity index (χ3n) is 2.84. The average Bonchev–Trinajstić information content (AvgIpc) is 2.52. The molecule has 0 aliphatic heterocycles. The van der Waals surface area contributed by atoms with Crippen LogP contribution in [-0.4, -0.2) is 24.2 Å². The molecule has 0 radical (unpaired) electrons. The van der Waals surface area contributed by atoms with E-state index < -0.39 is 11.9 Å². The normalized spacial score (nSPS) is 23.6. The molecule has 3 N–H and O–H groups in total. The van der Waals surface area contributed by atoms with E-state index in [-0.39, 0.29) is 6.04 Å². The number of hydrogen-bond donors (Lipinski definition) is 2. The summed E-state index contributed by atoms with van der Waals surface area (Å²) in [5.74, 6) is -0.793. The Kier molecular flexibility index (Phi) is 2.36. The fraction of sp³-hybridized carbons (Fsp3) is 0.364. The van der Waals surface area contributed by atoms with Gasteiger partial charge in [-0.1, -0.05) is 6.07 Å². The van der Waals surface area contributed by atoms with Crippen molar-refractivity contribution >= 4 is 5.97 Å². The van der Waals surface area contributed by atoms with E-state index in [1.54, 1.807) is 13.2 Å². The second-order valence-corrected chi connectivity index (χ2v) is 3.75. The van der Waals surface area contributed by atoms with Crippen molar-refractivity contribution in [1.82, 2.24) is 0 Å². The molecule has 80 valence electrons. The fourth-order valence-corrected chi connectivity index (χ4v) is 2.09. The monoisotopic (exact) mass is 207 g/mol. The lowest BCUT2D eigenvalue weighted by Crippen LogP contribution is -2.30. The molecule has 0 amide bonds. The number of aliphatic carboxylic acids is 1. The highest BCUT2D eigenvalue weighted by Crippen LogP contribution is 2.34. The Labute approximate surface area is 87.7 Å². The number of ether oxygens (including phenoxy) is 1. The first-order chi connectivity index (χ1) is 7.13. The van der Waals surface area contributed by atoms with Gasteiger partial charge in [0.2, 0.25) is 0 Å². The van der Waals surface area contributed by atoms with Gasteiger partial charge < -0.3 is 15.6 Å². The third-order valence-corrected chi connectivity index (χ3v) is 2.84. The quantitative estimate of drug-likeness (QED) is 0.750. The molecule has 2 rings (SSSR count). The highest BCUT2D eigenvalue weighted by molar-refractivity contribution is 5.79. The molecule has 2 atom stereocenters. The lowest BCUT2D eigenvalue weighted by atomic mass is 9.99. The van der Waals surface area contributed by atoms with Crippen LogP contribution in [0.3, 0.4) is 0 Å². The van der Waals surface area contributed by atoms with Crippen LogP contribution in [-0.2, 0) is 11.2 Å². The van der Waals surface area contributed by atoms with Crippen LogP contribution in [0.1, 0.15) is 17.0 Å². The minimum atomic E-state index is -0.866. The van der Waals surface area contributed by atoms with E-state index in [0.29, 0.717) is 12.2 Å². The Morgan fingerprint density at radius 2 is 2.33 bits per heavy atom. The average molecular weight is 207 g/mol. The molecule has 4 heteroatoms. The van der Waals surface area contributed by atoms with Crippen molar-refractivity contribution in [3.63, 3.8) is 0 Å². The second-order valence-electron chi connectivity index (χ2n) is 3.75. The van der Waals surface area contributed by atoms with Crippen molar-refractivity contribution in [3.05, 3.63) is 29.3 Å². The van der Waals surface area contributed by atoms with Crippen LogP contribution in [0.25, 0.3) is 0 Å². The van der Waals surface area contributed by atoms with Crippen molar-refractivity contribution in [2.24, 2.45) is 5.73 Å². The van der Waals surface area contributed by atoms with Gasteiger partial charge in [-0.3, -0.25) is 4.79 Å². The molecule has 0 spiro atoms. The maximum atomic E-state index is 11.1. The zero-order chi connectivity index (χ0) is 11.0. The molecule has 1 aliphatic carbocycles. The van der Waals surface area contributed by atoms with E-state index in [1.807, 2.05) is 12.1 Å². The first kappa shape index (κ1) is 9.98. The van der Waals surface area contributed by atoms with Crippen molar-refractivity contribution in [1.29, 1.82) is 0 Å². The number of carbonyl (C=O) groups is 1. The summed E-state index contributed by atoms with van der Waals surface area (Å²) in [6.45, 7) is 0. The number of benzene rings is 1. The maximum Gasteiger partial charge on any atom is 0.312 e. The number of fused-ring (bicyclic) bond motifs is 1. The minimum absolute atomic E-state index is 0.329. The van der Waals surface area contributed by atoms with Gasteiger partial charge in [-0.25, -0.2) is 0 Å². The SMILES string of the molecule is COc1ccc2c(c1)C(C(=O)O)C(N)C2. The molecule has 1 aromatic carbocycles. The summed E-state index contributed by atoms with van der Waals surface area (Å²) in [5.41, 5.74) is 7.60. The highest BCUT2D eigenvalue weighted by atomic mass is 16.5. The number of carboxylic acids is 1. The van der Waals surface area contributed by atoms with E-state index in [1.165, 1.54) is 0 Å². The smallest absolute Gasteiger partial charge is 0.312 e. The maximum absolute atomic E-state index is 11.1. The number of carboxylic acid groups (broad SMARTS) is 1. The van der Waals surface area contributed by atoms with E-state index in [2.05, 4.69) is 0 Å². The molecular weight excluding hydrogens is 194 g/mol. The summed E-state index contributed by atoms with van der Waals surface area (Å²) in [7, 11) is 1.56. The van der Waals surface area contributed by atoms with Gasteiger partial charge in [-0.15, -0.1) is 0 Å². The predicted molar refractivity (Wildman–Crippen MR) is 55.1 cm³/mol. The van der Waals surface area contributed by atoms with Gasteiger partial charge in [-0.2, -0.15) is 0 Å². The van der Waals surface area contributed by atoms with Gasteiger partial charge in [0.05, 0.1) is 13.0 Å². The van der Waals surface area contributed by atoms with Crippen LogP contribution in [0, 0.1) is 0 Å². The number of nitrogens with two attached hydrogens (primary N) is 1. The largest absolute Gasteiger partial charge is 0.497 e. The fourth-order valence-electron chi connectivity index (χ4n) is 2.09. The minimum Gasteiger partial charge on any atom is -0.497 e. The van der Waals surface area contributed by atoms with Crippen molar-refractivity contribution < 1.29 is 14.6 Å². The molecule has 1 aliphatic rings. The van der Waals surface area contributed by atoms with Gasteiger partial charge in [0.1, 0.15) is 5.75 Å². The first-order valence-corrected chi connectivity index (χ1v) is 4.78. The summed E-state index contributed by atoms with van der Waals surface area (Å²) in [4.78, 5) is 11.1. The van der Waals surface area contributed by atoms with Gasteiger partial charge in [0.25, 0.3) is 0 Å². The van der Waals surface area contributed by atoms with Crippen molar-refractivity contribution in [2.75, 3.05) is 7.11 Å². The Balaban J connectivity index is 2.46. The molecule has 1 aromatic rings. The van der Waals surface area contributed by atoms with Crippen molar-refractivity contribution in [2.45, 2.75) is 18.4 Å². The zero-order valence-electron chi connectivity index (χ0n) is 8.43. The van der Waals surface area contributed by atoms with E-state index in [9.17, 15) is 4.79 Å². The third kappa shape index (κ3) is 1.57. The number of hydrogen-bond acceptors (Lipinski definition) is 3. The van der Waals surface area contributed by atoms with Gasteiger partial charge in [0.15, 0.2) is 0 Å². The van der Waals surface area contributed by atoms with Crippen LogP contribution in [0.4, 0.5) is 0 Å². The van der Waals surface area contributed by atoms with Gasteiger partial charge in [-0.05, 0) is 29.7 Å². The summed E-state index contributed by atoms with van der Waals surface area (Å²) < 4.78 is 5.07. The molecule has 4 nitrogen and oxygen atoms in total. The highest BCUT2D eigenvalue weighted by Gasteiger charge is 2.35. The van der Waals surface area contributed by atoms with E-state index in [4.69, 9.17) is 15.6 Å².